The normalized spacial score (nSPS) is 19.6. The first-order valence-electron chi connectivity index (χ1n) is 5.66. The zero-order valence-electron chi connectivity index (χ0n) is 10.5. The van der Waals surface area contributed by atoms with E-state index in [9.17, 15) is 9.90 Å². The van der Waals surface area contributed by atoms with Crippen molar-refractivity contribution in [3.8, 4) is 0 Å². The van der Waals surface area contributed by atoms with Gasteiger partial charge in [-0.15, -0.1) is 0 Å². The number of aliphatic hydroxyl groups excluding tert-OH is 1. The number of carbonyl (C=O) groups is 1. The van der Waals surface area contributed by atoms with Gasteiger partial charge in [-0.2, -0.15) is 0 Å². The van der Waals surface area contributed by atoms with E-state index in [1.165, 1.54) is 0 Å². The molecule has 7 nitrogen and oxygen atoms in total. The lowest BCUT2D eigenvalue weighted by molar-refractivity contribution is -0.259. The van der Waals surface area contributed by atoms with Crippen LogP contribution >= 0.6 is 0 Å². The largest absolute Gasteiger partial charge is 0.505 e. The molecule has 7 heteroatoms. The lowest BCUT2D eigenvalue weighted by Crippen LogP contribution is -2.37. The SMILES string of the molecule is COC(=O)/C([N+]#N)=C(\O)CCC1(C)OCCCO1. The molecule has 1 aliphatic rings. The molecule has 0 atom stereocenters. The summed E-state index contributed by atoms with van der Waals surface area (Å²) in [5.41, 5.74) is -0.503. The van der Waals surface area contributed by atoms with E-state index in [-0.39, 0.29) is 12.2 Å². The van der Waals surface area contributed by atoms with Crippen molar-refractivity contribution >= 4 is 5.97 Å². The quantitative estimate of drug-likeness (QED) is 0.356. The molecule has 0 amide bonds. The van der Waals surface area contributed by atoms with Crippen molar-refractivity contribution in [1.82, 2.24) is 0 Å². The number of esters is 1. The van der Waals surface area contributed by atoms with Gasteiger partial charge in [0.1, 0.15) is 0 Å². The Labute approximate surface area is 105 Å². The molecule has 1 saturated heterocycles. The molecule has 1 rings (SSSR count). The van der Waals surface area contributed by atoms with E-state index < -0.39 is 17.5 Å². The highest BCUT2D eigenvalue weighted by atomic mass is 16.7. The molecule has 0 saturated carbocycles. The molecule has 0 aromatic heterocycles. The molecule has 100 valence electrons. The Morgan fingerprint density at radius 2 is 2.11 bits per heavy atom. The number of ether oxygens (including phenoxy) is 3. The van der Waals surface area contributed by atoms with Crippen LogP contribution in [0.5, 0.6) is 0 Å². The highest BCUT2D eigenvalue weighted by Crippen LogP contribution is 2.26. The molecule has 1 aliphatic heterocycles. The Balaban J connectivity index is 2.63. The van der Waals surface area contributed by atoms with Crippen molar-refractivity contribution in [3.63, 3.8) is 0 Å². The maximum Gasteiger partial charge on any atom is 0.505 e. The monoisotopic (exact) mass is 257 g/mol. The van der Waals surface area contributed by atoms with Crippen LogP contribution in [-0.2, 0) is 19.0 Å². The van der Waals surface area contributed by atoms with Crippen LogP contribution in [0.25, 0.3) is 4.98 Å². The summed E-state index contributed by atoms with van der Waals surface area (Å²) in [7, 11) is 1.13. The molecule has 18 heavy (non-hydrogen) atoms. The number of hydrogen-bond donors (Lipinski definition) is 1. The van der Waals surface area contributed by atoms with Gasteiger partial charge >= 0.3 is 11.7 Å². The molecular weight excluding hydrogens is 240 g/mol. The van der Waals surface area contributed by atoms with E-state index in [0.29, 0.717) is 19.6 Å². The number of carbonyl (C=O) groups excluding carboxylic acids is 1. The molecule has 0 aromatic rings. The number of nitrogens with zero attached hydrogens (tertiary/aromatic N) is 2. The van der Waals surface area contributed by atoms with Crippen LogP contribution < -0.4 is 0 Å². The van der Waals surface area contributed by atoms with Gasteiger partial charge in [0.05, 0.1) is 20.3 Å². The summed E-state index contributed by atoms with van der Waals surface area (Å²) < 4.78 is 15.3. The van der Waals surface area contributed by atoms with Crippen molar-refractivity contribution in [2.75, 3.05) is 20.3 Å². The van der Waals surface area contributed by atoms with E-state index >= 15 is 0 Å². The highest BCUT2D eigenvalue weighted by Gasteiger charge is 2.33. The number of methoxy groups -OCH3 is 1. The summed E-state index contributed by atoms with van der Waals surface area (Å²) in [6, 6.07) is 0. The number of rotatable bonds is 4. The molecule has 0 bridgehead atoms. The van der Waals surface area contributed by atoms with E-state index in [0.717, 1.165) is 13.5 Å². The van der Waals surface area contributed by atoms with Gasteiger partial charge in [0.15, 0.2) is 16.5 Å². The number of allylic oxidation sites excluding steroid dienone is 1. The predicted molar refractivity (Wildman–Crippen MR) is 60.9 cm³/mol. The second kappa shape index (κ2) is 6.33. The van der Waals surface area contributed by atoms with Gasteiger partial charge < -0.3 is 19.3 Å². The zero-order valence-corrected chi connectivity index (χ0v) is 10.5. The highest BCUT2D eigenvalue weighted by molar-refractivity contribution is 5.90. The molecular formula is C11H17N2O5+. The molecule has 1 N–H and O–H groups in total. The number of aliphatic hydroxyl groups is 1. The summed E-state index contributed by atoms with van der Waals surface area (Å²) in [6.07, 6.45) is 1.26. The topological polar surface area (TPSA) is 93.1 Å². The van der Waals surface area contributed by atoms with Crippen LogP contribution in [0.3, 0.4) is 0 Å². The third-order valence-corrected chi connectivity index (χ3v) is 2.67. The Morgan fingerprint density at radius 1 is 1.50 bits per heavy atom. The van der Waals surface area contributed by atoms with Crippen LogP contribution in [0.1, 0.15) is 26.2 Å². The molecule has 1 fully saturated rings. The summed E-state index contributed by atoms with van der Waals surface area (Å²) in [4.78, 5) is 13.9. The van der Waals surface area contributed by atoms with Gasteiger partial charge in [-0.1, -0.05) is 0 Å². The van der Waals surface area contributed by atoms with Crippen LogP contribution in [0.4, 0.5) is 0 Å². The Kier molecular flexibility index (Phi) is 5.07. The third-order valence-electron chi connectivity index (χ3n) is 2.67. The van der Waals surface area contributed by atoms with E-state index in [1.807, 2.05) is 0 Å². The Morgan fingerprint density at radius 3 is 2.61 bits per heavy atom. The summed E-state index contributed by atoms with van der Waals surface area (Å²) in [6.45, 7) is 2.94. The lowest BCUT2D eigenvalue weighted by Gasteiger charge is -2.33. The molecule has 0 radical (unpaired) electrons. The average molecular weight is 257 g/mol. The fourth-order valence-corrected chi connectivity index (χ4v) is 1.60. The van der Waals surface area contributed by atoms with E-state index in [1.54, 1.807) is 6.92 Å². The van der Waals surface area contributed by atoms with Gasteiger partial charge in [-0.3, -0.25) is 0 Å². The molecule has 0 aromatic carbocycles. The molecule has 0 spiro atoms. The first kappa shape index (κ1) is 14.4. The fourth-order valence-electron chi connectivity index (χ4n) is 1.60. The van der Waals surface area contributed by atoms with Crippen molar-refractivity contribution in [2.24, 2.45) is 0 Å². The third kappa shape index (κ3) is 3.68. The smallest absolute Gasteiger partial charge is 0.505 e. The first-order chi connectivity index (χ1) is 8.52. The van der Waals surface area contributed by atoms with Crippen LogP contribution in [0.2, 0.25) is 0 Å². The second-order valence-electron chi connectivity index (χ2n) is 4.07. The van der Waals surface area contributed by atoms with E-state index in [2.05, 4.69) is 9.71 Å². The van der Waals surface area contributed by atoms with Gasteiger partial charge in [0.25, 0.3) is 0 Å². The van der Waals surface area contributed by atoms with Crippen LogP contribution in [-0.4, -0.2) is 37.2 Å². The van der Waals surface area contributed by atoms with Crippen molar-refractivity contribution < 1.29 is 24.1 Å². The average Bonchev–Trinajstić information content (AvgIpc) is 2.38. The van der Waals surface area contributed by atoms with Gasteiger partial charge in [-0.05, 0) is 13.3 Å². The Bertz CT molecular complexity index is 379. The first-order valence-corrected chi connectivity index (χ1v) is 5.66. The number of hydrogen-bond acceptors (Lipinski definition) is 6. The fraction of sp³-hybridized carbons (Fsp3) is 0.727. The minimum Gasteiger partial charge on any atom is -0.505 e. The van der Waals surface area contributed by atoms with Crippen molar-refractivity contribution in [1.29, 1.82) is 5.39 Å². The predicted octanol–water partition coefficient (Wildman–Crippen LogP) is 1.72. The summed E-state index contributed by atoms with van der Waals surface area (Å²) in [5, 5.41) is 18.3. The maximum absolute atomic E-state index is 11.2. The summed E-state index contributed by atoms with van der Waals surface area (Å²) >= 11 is 0. The van der Waals surface area contributed by atoms with Crippen LogP contribution in [0.15, 0.2) is 11.5 Å². The maximum atomic E-state index is 11.2. The lowest BCUT2D eigenvalue weighted by atomic mass is 10.1. The van der Waals surface area contributed by atoms with Gasteiger partial charge in [0.2, 0.25) is 5.39 Å². The van der Waals surface area contributed by atoms with Crippen molar-refractivity contribution in [2.45, 2.75) is 32.0 Å². The second-order valence-corrected chi connectivity index (χ2v) is 4.07. The van der Waals surface area contributed by atoms with Gasteiger partial charge in [0, 0.05) is 12.8 Å². The van der Waals surface area contributed by atoms with Crippen molar-refractivity contribution in [3.05, 3.63) is 16.4 Å². The van der Waals surface area contributed by atoms with Gasteiger partial charge in [-0.25, -0.2) is 4.79 Å². The van der Waals surface area contributed by atoms with E-state index in [4.69, 9.17) is 14.9 Å². The Hall–Kier alpha value is -1.65. The zero-order chi connectivity index (χ0) is 13.6. The molecule has 1 heterocycles. The standard InChI is InChI=1S/C11H16N2O5/c1-11(17-6-3-7-18-11)5-4-8(14)9(13-12)10(15)16-2/h3-7H2,1-2H3/p+1. The summed E-state index contributed by atoms with van der Waals surface area (Å²) in [5.74, 6) is -2.04. The molecule has 0 aliphatic carbocycles. The molecule has 0 unspecified atom stereocenters. The minimum absolute atomic E-state index is 0.0883. The number of diazo groups is 1. The minimum atomic E-state index is -0.898. The van der Waals surface area contributed by atoms with Crippen LogP contribution in [0, 0.1) is 5.39 Å².